The Bertz CT molecular complexity index is 1230. The van der Waals surface area contributed by atoms with Crippen molar-refractivity contribution in [3.8, 4) is 11.3 Å². The quantitative estimate of drug-likeness (QED) is 0.499. The van der Waals surface area contributed by atoms with Crippen LogP contribution in [0.15, 0.2) is 77.6 Å². The van der Waals surface area contributed by atoms with E-state index in [0.717, 1.165) is 5.56 Å². The molecule has 0 radical (unpaired) electrons. The number of nitrogens with zero attached hydrogens (tertiary/aromatic N) is 2. The minimum atomic E-state index is -0.351. The fourth-order valence-electron chi connectivity index (χ4n) is 3.13. The number of carbonyl (C=O) groups excluding carboxylic acids is 1. The lowest BCUT2D eigenvalue weighted by Crippen LogP contribution is -2.27. The summed E-state index contributed by atoms with van der Waals surface area (Å²) in [6.45, 7) is 1.78. The van der Waals surface area contributed by atoms with Gasteiger partial charge in [-0.1, -0.05) is 48.0 Å². The second-order valence-electron chi connectivity index (χ2n) is 6.65. The number of hydrogen-bond acceptors (Lipinski definition) is 3. The summed E-state index contributed by atoms with van der Waals surface area (Å²) in [6, 6.07) is 20.2. The Labute approximate surface area is 160 Å². The molecule has 4 rings (SSSR count). The largest absolute Gasteiger partial charge is 0.292 e. The van der Waals surface area contributed by atoms with Gasteiger partial charge >= 0.3 is 0 Å². The van der Waals surface area contributed by atoms with Crippen molar-refractivity contribution in [1.82, 2.24) is 9.78 Å². The SMILES string of the molecule is Cc1ccc(C(=O)Cn2nc(-c3ccc(F)cc3)c3ccccc3c2=O)cc1. The summed E-state index contributed by atoms with van der Waals surface area (Å²) in [5.74, 6) is -0.550. The van der Waals surface area contributed by atoms with Crippen LogP contribution >= 0.6 is 0 Å². The Morgan fingerprint density at radius 3 is 2.25 bits per heavy atom. The van der Waals surface area contributed by atoms with Crippen molar-refractivity contribution in [3.05, 3.63) is 100 Å². The molecule has 0 saturated heterocycles. The second kappa shape index (κ2) is 7.19. The smallest absolute Gasteiger partial charge is 0.275 e. The van der Waals surface area contributed by atoms with Crippen molar-refractivity contribution in [2.75, 3.05) is 0 Å². The number of aryl methyl sites for hydroxylation is 1. The third-order valence-electron chi connectivity index (χ3n) is 4.65. The van der Waals surface area contributed by atoms with Gasteiger partial charge in [0.15, 0.2) is 5.78 Å². The van der Waals surface area contributed by atoms with Gasteiger partial charge in [-0.25, -0.2) is 9.07 Å². The summed E-state index contributed by atoms with van der Waals surface area (Å²) < 4.78 is 14.5. The zero-order valence-electron chi connectivity index (χ0n) is 15.2. The van der Waals surface area contributed by atoms with E-state index in [1.54, 1.807) is 42.5 Å². The highest BCUT2D eigenvalue weighted by Crippen LogP contribution is 2.24. The third-order valence-corrected chi connectivity index (χ3v) is 4.65. The lowest BCUT2D eigenvalue weighted by molar-refractivity contribution is 0.0966. The first-order chi connectivity index (χ1) is 13.5. The van der Waals surface area contributed by atoms with Gasteiger partial charge in [0.1, 0.15) is 12.4 Å². The maximum absolute atomic E-state index is 13.3. The number of hydrogen-bond donors (Lipinski definition) is 0. The van der Waals surface area contributed by atoms with Crippen molar-refractivity contribution in [1.29, 1.82) is 0 Å². The van der Waals surface area contributed by atoms with Gasteiger partial charge in [-0.05, 0) is 37.3 Å². The van der Waals surface area contributed by atoms with E-state index in [4.69, 9.17) is 0 Å². The van der Waals surface area contributed by atoms with Gasteiger partial charge in [0.05, 0.1) is 11.1 Å². The molecular weight excluding hydrogens is 355 g/mol. The molecule has 0 fully saturated rings. The van der Waals surface area contributed by atoms with Crippen LogP contribution in [0.3, 0.4) is 0 Å². The predicted molar refractivity (Wildman–Crippen MR) is 107 cm³/mol. The van der Waals surface area contributed by atoms with E-state index in [-0.39, 0.29) is 23.7 Å². The molecule has 0 saturated carbocycles. The Morgan fingerprint density at radius 2 is 1.57 bits per heavy atom. The maximum atomic E-state index is 13.3. The summed E-state index contributed by atoms with van der Waals surface area (Å²) in [7, 11) is 0. The molecule has 0 spiro atoms. The Morgan fingerprint density at radius 1 is 0.929 bits per heavy atom. The van der Waals surface area contributed by atoms with E-state index in [2.05, 4.69) is 5.10 Å². The van der Waals surface area contributed by atoms with Crippen LogP contribution in [-0.2, 0) is 6.54 Å². The van der Waals surface area contributed by atoms with Gasteiger partial charge in [0, 0.05) is 16.5 Å². The lowest BCUT2D eigenvalue weighted by atomic mass is 10.0. The molecule has 138 valence electrons. The number of Topliss-reactive ketones (excluding diaryl/α,β-unsaturated/α-hetero) is 1. The Kier molecular flexibility index (Phi) is 4.57. The molecule has 1 aromatic heterocycles. The van der Waals surface area contributed by atoms with E-state index in [0.29, 0.717) is 27.6 Å². The molecule has 3 aromatic carbocycles. The molecule has 1 heterocycles. The normalized spacial score (nSPS) is 10.9. The van der Waals surface area contributed by atoms with Crippen LogP contribution in [0.5, 0.6) is 0 Å². The molecule has 0 unspecified atom stereocenters. The topological polar surface area (TPSA) is 52.0 Å². The number of benzene rings is 3. The first-order valence-corrected chi connectivity index (χ1v) is 8.88. The molecule has 0 amide bonds. The highest BCUT2D eigenvalue weighted by atomic mass is 19.1. The number of halogens is 1. The molecule has 28 heavy (non-hydrogen) atoms. The molecule has 4 aromatic rings. The van der Waals surface area contributed by atoms with Crippen LogP contribution in [0.1, 0.15) is 15.9 Å². The van der Waals surface area contributed by atoms with Crippen molar-refractivity contribution >= 4 is 16.6 Å². The van der Waals surface area contributed by atoms with E-state index >= 15 is 0 Å². The van der Waals surface area contributed by atoms with Crippen molar-refractivity contribution in [3.63, 3.8) is 0 Å². The summed E-state index contributed by atoms with van der Waals surface area (Å²) in [4.78, 5) is 25.5. The molecule has 5 heteroatoms. The summed E-state index contributed by atoms with van der Waals surface area (Å²) in [6.07, 6.45) is 0. The van der Waals surface area contributed by atoms with Crippen LogP contribution in [0.2, 0.25) is 0 Å². The Balaban J connectivity index is 1.83. The zero-order chi connectivity index (χ0) is 19.7. The van der Waals surface area contributed by atoms with E-state index in [1.807, 2.05) is 25.1 Å². The van der Waals surface area contributed by atoms with Gasteiger partial charge in [-0.2, -0.15) is 5.10 Å². The monoisotopic (exact) mass is 372 g/mol. The van der Waals surface area contributed by atoms with Crippen LogP contribution < -0.4 is 5.56 Å². The van der Waals surface area contributed by atoms with E-state index in [9.17, 15) is 14.0 Å². The fraction of sp³-hybridized carbons (Fsp3) is 0.0870. The highest BCUT2D eigenvalue weighted by molar-refractivity contribution is 5.97. The van der Waals surface area contributed by atoms with Crippen molar-refractivity contribution < 1.29 is 9.18 Å². The number of fused-ring (bicyclic) bond motifs is 1. The first kappa shape index (κ1) is 17.8. The van der Waals surface area contributed by atoms with Gasteiger partial charge in [-0.15, -0.1) is 0 Å². The standard InChI is InChI=1S/C23H17FN2O2/c1-15-6-8-16(9-7-15)21(27)14-26-23(28)20-5-3-2-4-19(20)22(25-26)17-10-12-18(24)13-11-17/h2-13H,14H2,1H3. The molecular formula is C23H17FN2O2. The average molecular weight is 372 g/mol. The van der Waals surface area contributed by atoms with Gasteiger partial charge < -0.3 is 0 Å². The number of aromatic nitrogens is 2. The fourth-order valence-corrected chi connectivity index (χ4v) is 3.13. The molecule has 0 atom stereocenters. The number of carbonyl (C=O) groups is 1. The molecule has 0 N–H and O–H groups in total. The van der Waals surface area contributed by atoms with Crippen molar-refractivity contribution in [2.45, 2.75) is 13.5 Å². The minimum Gasteiger partial charge on any atom is -0.292 e. The van der Waals surface area contributed by atoms with Crippen LogP contribution in [0.25, 0.3) is 22.0 Å². The Hall–Kier alpha value is -3.60. The highest BCUT2D eigenvalue weighted by Gasteiger charge is 2.15. The van der Waals surface area contributed by atoms with Gasteiger partial charge in [-0.3, -0.25) is 9.59 Å². The average Bonchev–Trinajstić information content (AvgIpc) is 2.71. The molecule has 0 bridgehead atoms. The zero-order valence-corrected chi connectivity index (χ0v) is 15.2. The predicted octanol–water partition coefficient (Wildman–Crippen LogP) is 4.39. The number of ketones is 1. The molecule has 4 nitrogen and oxygen atoms in total. The minimum absolute atomic E-state index is 0.166. The van der Waals surface area contributed by atoms with E-state index < -0.39 is 0 Å². The number of rotatable bonds is 4. The van der Waals surface area contributed by atoms with Crippen LogP contribution in [0.4, 0.5) is 4.39 Å². The molecule has 0 aliphatic heterocycles. The third kappa shape index (κ3) is 3.34. The van der Waals surface area contributed by atoms with Gasteiger partial charge in [0.2, 0.25) is 0 Å². The molecule has 0 aliphatic rings. The maximum Gasteiger partial charge on any atom is 0.275 e. The van der Waals surface area contributed by atoms with Crippen LogP contribution in [0, 0.1) is 12.7 Å². The van der Waals surface area contributed by atoms with Crippen molar-refractivity contribution in [2.24, 2.45) is 0 Å². The second-order valence-corrected chi connectivity index (χ2v) is 6.65. The van der Waals surface area contributed by atoms with Crippen LogP contribution in [-0.4, -0.2) is 15.6 Å². The molecule has 0 aliphatic carbocycles. The summed E-state index contributed by atoms with van der Waals surface area (Å²) in [5, 5.41) is 5.58. The summed E-state index contributed by atoms with van der Waals surface area (Å²) in [5.41, 5.74) is 2.45. The summed E-state index contributed by atoms with van der Waals surface area (Å²) >= 11 is 0. The van der Waals surface area contributed by atoms with Gasteiger partial charge in [0.25, 0.3) is 5.56 Å². The first-order valence-electron chi connectivity index (χ1n) is 8.88. The van der Waals surface area contributed by atoms with E-state index in [1.165, 1.54) is 16.8 Å². The lowest BCUT2D eigenvalue weighted by Gasteiger charge is -2.11.